The molecule has 6 heteroatoms. The molecule has 0 radical (unpaired) electrons. The average Bonchev–Trinajstić information content (AvgIpc) is 2.23. The predicted molar refractivity (Wildman–Crippen MR) is 72.2 cm³/mol. The van der Waals surface area contributed by atoms with Crippen LogP contribution in [0.4, 0.5) is 5.69 Å². The van der Waals surface area contributed by atoms with Gasteiger partial charge in [-0.3, -0.25) is 4.79 Å². The summed E-state index contributed by atoms with van der Waals surface area (Å²) in [4.78, 5) is 11.4. The van der Waals surface area contributed by atoms with Gasteiger partial charge in [0.2, 0.25) is 5.91 Å². The molecule has 0 saturated heterocycles. The normalized spacial score (nSPS) is 9.35. The lowest BCUT2D eigenvalue weighted by molar-refractivity contribution is -0.116. The zero-order chi connectivity index (χ0) is 12.0. The molecule has 0 aliphatic rings. The van der Waals surface area contributed by atoms with E-state index in [1.165, 1.54) is 0 Å². The second kappa shape index (κ2) is 8.17. The molecule has 1 aromatic rings. The number of ether oxygens (including phenoxy) is 1. The van der Waals surface area contributed by atoms with Gasteiger partial charge in [-0.1, -0.05) is 11.6 Å². The number of amides is 1. The summed E-state index contributed by atoms with van der Waals surface area (Å²) in [7, 11) is 0. The number of hydrogen-bond acceptors (Lipinski definition) is 3. The van der Waals surface area contributed by atoms with Crippen LogP contribution < -0.4 is 15.8 Å². The van der Waals surface area contributed by atoms with Crippen molar-refractivity contribution in [3.63, 3.8) is 0 Å². The summed E-state index contributed by atoms with van der Waals surface area (Å²) in [6.07, 6.45) is 0.286. The molecule has 1 aromatic carbocycles. The Hall–Kier alpha value is -0.970. The standard InChI is InChI=1S/C11H15ClN2O2.ClH/c1-2-16-10-7-8(12)3-4-9(10)14-11(15)5-6-13;/h3-4,7H,2,5-6,13H2,1H3,(H,14,15);1H. The fraction of sp³-hybridized carbons (Fsp3) is 0.364. The topological polar surface area (TPSA) is 64.3 Å². The van der Waals surface area contributed by atoms with Crippen molar-refractivity contribution in [2.24, 2.45) is 5.73 Å². The number of anilines is 1. The van der Waals surface area contributed by atoms with Crippen LogP contribution in [0.1, 0.15) is 13.3 Å². The van der Waals surface area contributed by atoms with Crippen molar-refractivity contribution in [1.82, 2.24) is 0 Å². The first-order chi connectivity index (χ1) is 7.67. The Morgan fingerprint density at radius 2 is 2.24 bits per heavy atom. The zero-order valence-electron chi connectivity index (χ0n) is 9.53. The fourth-order valence-corrected chi connectivity index (χ4v) is 1.38. The second-order valence-electron chi connectivity index (χ2n) is 3.16. The van der Waals surface area contributed by atoms with Gasteiger partial charge in [0, 0.05) is 24.1 Å². The van der Waals surface area contributed by atoms with Crippen molar-refractivity contribution in [2.45, 2.75) is 13.3 Å². The third kappa shape index (κ3) is 5.26. The van der Waals surface area contributed by atoms with Crippen molar-refractivity contribution in [3.8, 4) is 5.75 Å². The molecule has 1 amide bonds. The third-order valence-electron chi connectivity index (χ3n) is 1.89. The number of carbonyl (C=O) groups is 1. The van der Waals surface area contributed by atoms with Crippen LogP contribution >= 0.6 is 24.0 Å². The number of halogens is 2. The second-order valence-corrected chi connectivity index (χ2v) is 3.60. The molecular weight excluding hydrogens is 263 g/mol. The highest BCUT2D eigenvalue weighted by atomic mass is 35.5. The van der Waals surface area contributed by atoms with E-state index < -0.39 is 0 Å². The maximum Gasteiger partial charge on any atom is 0.225 e. The molecule has 0 atom stereocenters. The number of rotatable bonds is 5. The van der Waals surface area contributed by atoms with Crippen LogP contribution in [-0.4, -0.2) is 19.1 Å². The van der Waals surface area contributed by atoms with E-state index in [1.807, 2.05) is 6.92 Å². The number of benzene rings is 1. The zero-order valence-corrected chi connectivity index (χ0v) is 11.1. The molecule has 0 aliphatic carbocycles. The van der Waals surface area contributed by atoms with E-state index in [0.29, 0.717) is 29.6 Å². The summed E-state index contributed by atoms with van der Waals surface area (Å²) >= 11 is 5.84. The van der Waals surface area contributed by atoms with Gasteiger partial charge < -0.3 is 15.8 Å². The molecule has 0 spiro atoms. The van der Waals surface area contributed by atoms with Crippen LogP contribution in [0, 0.1) is 0 Å². The molecule has 1 rings (SSSR count). The lowest BCUT2D eigenvalue weighted by Crippen LogP contribution is -2.16. The molecule has 3 N–H and O–H groups in total. The summed E-state index contributed by atoms with van der Waals surface area (Å²) < 4.78 is 5.37. The Morgan fingerprint density at radius 3 is 2.82 bits per heavy atom. The van der Waals surface area contributed by atoms with Crippen molar-refractivity contribution >= 4 is 35.6 Å². The van der Waals surface area contributed by atoms with Crippen molar-refractivity contribution < 1.29 is 9.53 Å². The molecule has 0 bridgehead atoms. The predicted octanol–water partition coefficient (Wildman–Crippen LogP) is 2.45. The van der Waals surface area contributed by atoms with Gasteiger partial charge in [-0.2, -0.15) is 0 Å². The summed E-state index contributed by atoms with van der Waals surface area (Å²) in [6.45, 7) is 2.70. The molecule has 0 fully saturated rings. The molecule has 0 aliphatic heterocycles. The van der Waals surface area contributed by atoms with Gasteiger partial charge >= 0.3 is 0 Å². The molecule has 0 heterocycles. The highest BCUT2D eigenvalue weighted by Crippen LogP contribution is 2.28. The highest BCUT2D eigenvalue weighted by molar-refractivity contribution is 6.30. The molecule has 0 saturated carbocycles. The summed E-state index contributed by atoms with van der Waals surface area (Å²) in [5.74, 6) is 0.436. The van der Waals surface area contributed by atoms with Gasteiger partial charge in [0.05, 0.1) is 12.3 Å². The first kappa shape index (κ1) is 16.0. The Kier molecular flexibility index (Phi) is 7.70. The molecular formula is C11H16Cl2N2O2. The van der Waals surface area contributed by atoms with E-state index in [9.17, 15) is 4.79 Å². The first-order valence-electron chi connectivity index (χ1n) is 5.09. The minimum Gasteiger partial charge on any atom is -0.492 e. The Labute approximate surface area is 112 Å². The Morgan fingerprint density at radius 1 is 1.53 bits per heavy atom. The van der Waals surface area contributed by atoms with Gasteiger partial charge in [-0.05, 0) is 19.1 Å². The number of carbonyl (C=O) groups excluding carboxylic acids is 1. The maximum absolute atomic E-state index is 11.4. The largest absolute Gasteiger partial charge is 0.492 e. The van der Waals surface area contributed by atoms with E-state index >= 15 is 0 Å². The molecule has 4 nitrogen and oxygen atoms in total. The van der Waals surface area contributed by atoms with Crippen LogP contribution in [-0.2, 0) is 4.79 Å². The van der Waals surface area contributed by atoms with Gasteiger partial charge in [-0.25, -0.2) is 0 Å². The summed E-state index contributed by atoms with van der Waals surface area (Å²) in [6, 6.07) is 5.08. The van der Waals surface area contributed by atoms with Crippen molar-refractivity contribution in [2.75, 3.05) is 18.5 Å². The van der Waals surface area contributed by atoms with E-state index in [1.54, 1.807) is 18.2 Å². The quantitative estimate of drug-likeness (QED) is 0.870. The van der Waals surface area contributed by atoms with Gasteiger partial charge in [0.25, 0.3) is 0 Å². The van der Waals surface area contributed by atoms with Crippen LogP contribution in [0.25, 0.3) is 0 Å². The first-order valence-corrected chi connectivity index (χ1v) is 5.47. The molecule has 0 aromatic heterocycles. The highest BCUT2D eigenvalue weighted by Gasteiger charge is 2.07. The lowest BCUT2D eigenvalue weighted by atomic mass is 10.2. The van der Waals surface area contributed by atoms with E-state index in [-0.39, 0.29) is 24.7 Å². The summed E-state index contributed by atoms with van der Waals surface area (Å²) in [5, 5.41) is 3.29. The molecule has 17 heavy (non-hydrogen) atoms. The minimum atomic E-state index is -0.134. The SMILES string of the molecule is CCOc1cc(Cl)ccc1NC(=O)CCN.Cl. The van der Waals surface area contributed by atoms with E-state index in [4.69, 9.17) is 22.1 Å². The van der Waals surface area contributed by atoms with Gasteiger partial charge in [-0.15, -0.1) is 12.4 Å². The van der Waals surface area contributed by atoms with Crippen molar-refractivity contribution in [3.05, 3.63) is 23.2 Å². The average molecular weight is 279 g/mol. The van der Waals surface area contributed by atoms with Crippen LogP contribution in [0.15, 0.2) is 18.2 Å². The molecule has 0 unspecified atom stereocenters. The van der Waals surface area contributed by atoms with Crippen LogP contribution in [0.3, 0.4) is 0 Å². The number of nitrogens with one attached hydrogen (secondary N) is 1. The lowest BCUT2D eigenvalue weighted by Gasteiger charge is -2.11. The monoisotopic (exact) mass is 278 g/mol. The maximum atomic E-state index is 11.4. The Bertz CT molecular complexity index is 372. The van der Waals surface area contributed by atoms with Crippen LogP contribution in [0.5, 0.6) is 5.75 Å². The molecule has 96 valence electrons. The van der Waals surface area contributed by atoms with Gasteiger partial charge in [0.1, 0.15) is 5.75 Å². The smallest absolute Gasteiger partial charge is 0.225 e. The van der Waals surface area contributed by atoms with E-state index in [2.05, 4.69) is 5.32 Å². The van der Waals surface area contributed by atoms with Gasteiger partial charge in [0.15, 0.2) is 0 Å². The summed E-state index contributed by atoms with van der Waals surface area (Å²) in [5.41, 5.74) is 5.91. The van der Waals surface area contributed by atoms with E-state index in [0.717, 1.165) is 0 Å². The number of nitrogens with two attached hydrogens (primary N) is 1. The number of hydrogen-bond donors (Lipinski definition) is 2. The fourth-order valence-electron chi connectivity index (χ4n) is 1.22. The van der Waals surface area contributed by atoms with Crippen LogP contribution in [0.2, 0.25) is 5.02 Å². The minimum absolute atomic E-state index is 0. The Balaban J connectivity index is 0.00000256. The van der Waals surface area contributed by atoms with Crippen molar-refractivity contribution in [1.29, 1.82) is 0 Å². The third-order valence-corrected chi connectivity index (χ3v) is 2.12.